The molecule has 12 heteroatoms. The summed E-state index contributed by atoms with van der Waals surface area (Å²) in [6, 6.07) is 10.5. The van der Waals surface area contributed by atoms with Gasteiger partial charge in [0.05, 0.1) is 39.5 Å². The van der Waals surface area contributed by atoms with Crippen molar-refractivity contribution in [2.75, 3.05) is 26.6 Å². The van der Waals surface area contributed by atoms with Crippen LogP contribution in [0.25, 0.3) is 10.2 Å². The van der Waals surface area contributed by atoms with Gasteiger partial charge in [0, 0.05) is 32.2 Å². The summed E-state index contributed by atoms with van der Waals surface area (Å²) in [5.41, 5.74) is 0.521. The average molecular weight is 494 g/mol. The smallest absolute Gasteiger partial charge is 0.271 e. The van der Waals surface area contributed by atoms with Crippen molar-refractivity contribution in [2.45, 2.75) is 24.3 Å². The molecule has 0 atom stereocenters. The molecule has 1 amide bonds. The zero-order chi connectivity index (χ0) is 24.0. The number of carbonyl (C=O) groups is 1. The van der Waals surface area contributed by atoms with E-state index in [4.69, 9.17) is 9.47 Å². The van der Waals surface area contributed by atoms with Crippen LogP contribution in [0.4, 0.5) is 5.69 Å². The number of fused-ring (bicyclic) bond motifs is 1. The van der Waals surface area contributed by atoms with Crippen molar-refractivity contribution in [1.82, 2.24) is 4.57 Å². The van der Waals surface area contributed by atoms with Crippen LogP contribution >= 0.6 is 11.3 Å². The minimum Gasteiger partial charge on any atom is -0.497 e. The molecule has 1 aromatic heterocycles. The van der Waals surface area contributed by atoms with E-state index in [0.717, 1.165) is 4.70 Å². The number of aromatic nitrogens is 1. The molecule has 0 saturated heterocycles. The van der Waals surface area contributed by atoms with Gasteiger partial charge in [-0.2, -0.15) is 4.99 Å². The number of sulfone groups is 1. The van der Waals surface area contributed by atoms with Gasteiger partial charge in [-0.3, -0.25) is 14.9 Å². The van der Waals surface area contributed by atoms with Gasteiger partial charge in [0.15, 0.2) is 14.6 Å². The van der Waals surface area contributed by atoms with Crippen LogP contribution < -0.4 is 9.54 Å². The number of rotatable bonds is 10. The van der Waals surface area contributed by atoms with Gasteiger partial charge in [0.1, 0.15) is 5.75 Å². The van der Waals surface area contributed by atoms with E-state index in [1.165, 1.54) is 49.8 Å². The van der Waals surface area contributed by atoms with Crippen LogP contribution in [0.5, 0.6) is 5.75 Å². The molecule has 0 aliphatic rings. The minimum absolute atomic E-state index is 0.0476. The van der Waals surface area contributed by atoms with E-state index < -0.39 is 20.7 Å². The van der Waals surface area contributed by atoms with Gasteiger partial charge in [-0.05, 0) is 36.8 Å². The molecule has 0 aliphatic carbocycles. The van der Waals surface area contributed by atoms with Crippen molar-refractivity contribution >= 4 is 43.0 Å². The lowest BCUT2D eigenvalue weighted by atomic mass is 10.3. The maximum atomic E-state index is 12.5. The molecule has 0 saturated carbocycles. The summed E-state index contributed by atoms with van der Waals surface area (Å²) in [6.45, 7) is 0.686. The zero-order valence-corrected chi connectivity index (χ0v) is 19.7. The number of amides is 1. The Morgan fingerprint density at radius 2 is 1.91 bits per heavy atom. The average Bonchev–Trinajstić information content (AvgIpc) is 3.13. The molecule has 176 valence electrons. The van der Waals surface area contributed by atoms with Crippen LogP contribution in [-0.4, -0.2) is 50.4 Å². The number of hydrogen-bond acceptors (Lipinski definition) is 8. The maximum absolute atomic E-state index is 12.5. The number of hydrogen-bond donors (Lipinski definition) is 0. The first-order valence-corrected chi connectivity index (χ1v) is 12.4. The molecule has 33 heavy (non-hydrogen) atoms. The Kier molecular flexibility index (Phi) is 7.95. The highest BCUT2D eigenvalue weighted by atomic mass is 32.2. The van der Waals surface area contributed by atoms with Gasteiger partial charge in [-0.1, -0.05) is 11.3 Å². The molecule has 1 heterocycles. The molecular weight excluding hydrogens is 470 g/mol. The third kappa shape index (κ3) is 6.03. The SMILES string of the molecule is COCCn1c(=NC(=O)CCCS(=O)(=O)c2ccc(OC)cc2)sc2ccc([N+](=O)[O-])cc21. The second kappa shape index (κ2) is 10.7. The van der Waals surface area contributed by atoms with Crippen LogP contribution in [-0.2, 0) is 25.9 Å². The second-order valence-corrected chi connectivity index (χ2v) is 10.2. The Balaban J connectivity index is 1.77. The van der Waals surface area contributed by atoms with E-state index in [1.807, 2.05) is 0 Å². The summed E-state index contributed by atoms with van der Waals surface area (Å²) in [6.07, 6.45) is 0.0686. The molecule has 10 nitrogen and oxygen atoms in total. The van der Waals surface area contributed by atoms with Crippen LogP contribution in [0.3, 0.4) is 0 Å². The number of ether oxygens (including phenoxy) is 2. The maximum Gasteiger partial charge on any atom is 0.271 e. The summed E-state index contributed by atoms with van der Waals surface area (Å²) in [4.78, 5) is 27.8. The van der Waals surface area contributed by atoms with Gasteiger partial charge in [0.25, 0.3) is 5.69 Å². The van der Waals surface area contributed by atoms with Crippen molar-refractivity contribution < 1.29 is 27.6 Å². The number of nitrogens with zero attached hydrogens (tertiary/aromatic N) is 3. The van der Waals surface area contributed by atoms with Crippen molar-refractivity contribution in [1.29, 1.82) is 0 Å². The Bertz CT molecular complexity index is 1330. The monoisotopic (exact) mass is 493 g/mol. The number of carbonyl (C=O) groups excluding carboxylic acids is 1. The van der Waals surface area contributed by atoms with Crippen LogP contribution in [0.1, 0.15) is 12.8 Å². The van der Waals surface area contributed by atoms with E-state index in [1.54, 1.807) is 22.8 Å². The van der Waals surface area contributed by atoms with Gasteiger partial charge in [0.2, 0.25) is 5.91 Å². The fourth-order valence-electron chi connectivity index (χ4n) is 3.13. The highest BCUT2D eigenvalue weighted by molar-refractivity contribution is 7.91. The fourth-order valence-corrected chi connectivity index (χ4v) is 5.50. The van der Waals surface area contributed by atoms with Gasteiger partial charge in [-0.25, -0.2) is 8.42 Å². The number of methoxy groups -OCH3 is 2. The first-order chi connectivity index (χ1) is 15.7. The third-order valence-corrected chi connectivity index (χ3v) is 7.71. The topological polar surface area (TPSA) is 130 Å². The quantitative estimate of drug-likeness (QED) is 0.313. The standard InChI is InChI=1S/C21H23N3O7S2/c1-30-12-11-23-18-14-15(24(26)27)5-10-19(18)32-21(23)22-20(25)4-3-13-33(28,29)17-8-6-16(31-2)7-9-17/h5-10,14H,3-4,11-13H2,1-2H3. The number of nitro benzene ring substituents is 1. The first-order valence-electron chi connectivity index (χ1n) is 9.96. The van der Waals surface area contributed by atoms with Crippen molar-refractivity contribution in [3.8, 4) is 5.75 Å². The molecule has 0 N–H and O–H groups in total. The molecule has 2 aromatic carbocycles. The van der Waals surface area contributed by atoms with E-state index in [9.17, 15) is 23.3 Å². The third-order valence-electron chi connectivity index (χ3n) is 4.84. The summed E-state index contributed by atoms with van der Waals surface area (Å²) >= 11 is 1.23. The zero-order valence-electron chi connectivity index (χ0n) is 18.1. The second-order valence-electron chi connectivity index (χ2n) is 7.04. The number of benzene rings is 2. The summed E-state index contributed by atoms with van der Waals surface area (Å²) < 4.78 is 37.6. The van der Waals surface area contributed by atoms with Crippen molar-refractivity contribution in [2.24, 2.45) is 4.99 Å². The molecule has 0 aliphatic heterocycles. The van der Waals surface area contributed by atoms with Gasteiger partial charge >= 0.3 is 0 Å². The van der Waals surface area contributed by atoms with E-state index >= 15 is 0 Å². The molecule has 0 radical (unpaired) electrons. The lowest BCUT2D eigenvalue weighted by Crippen LogP contribution is -2.19. The molecule has 3 aromatic rings. The Hall–Kier alpha value is -3.09. The molecule has 0 unspecified atom stereocenters. The Labute approximate surface area is 194 Å². The largest absolute Gasteiger partial charge is 0.497 e. The summed E-state index contributed by atoms with van der Waals surface area (Å²) in [7, 11) is -0.514. The fraction of sp³-hybridized carbons (Fsp3) is 0.333. The number of non-ortho nitro benzene ring substituents is 1. The molecule has 0 fully saturated rings. The van der Waals surface area contributed by atoms with Crippen LogP contribution in [0.15, 0.2) is 52.4 Å². The summed E-state index contributed by atoms with van der Waals surface area (Å²) in [5.74, 6) is -0.103. The highest BCUT2D eigenvalue weighted by Gasteiger charge is 2.16. The lowest BCUT2D eigenvalue weighted by Gasteiger charge is -2.05. The first kappa shape index (κ1) is 24.6. The number of thiazole rings is 1. The summed E-state index contributed by atoms with van der Waals surface area (Å²) in [5, 5.41) is 11.1. The van der Waals surface area contributed by atoms with Gasteiger partial charge in [-0.15, -0.1) is 0 Å². The molecule has 3 rings (SSSR count). The van der Waals surface area contributed by atoms with Crippen LogP contribution in [0.2, 0.25) is 0 Å². The Morgan fingerprint density at radius 3 is 2.55 bits per heavy atom. The number of nitro groups is 1. The Morgan fingerprint density at radius 1 is 1.18 bits per heavy atom. The predicted octanol–water partition coefficient (Wildman–Crippen LogP) is 2.95. The van der Waals surface area contributed by atoms with Crippen molar-refractivity contribution in [3.63, 3.8) is 0 Å². The van der Waals surface area contributed by atoms with Crippen LogP contribution in [0, 0.1) is 10.1 Å². The van der Waals surface area contributed by atoms with Crippen molar-refractivity contribution in [3.05, 3.63) is 57.4 Å². The molecule has 0 bridgehead atoms. The minimum atomic E-state index is -3.54. The molecular formula is C21H23N3O7S2. The highest BCUT2D eigenvalue weighted by Crippen LogP contribution is 2.23. The predicted molar refractivity (Wildman–Crippen MR) is 123 cm³/mol. The van der Waals surface area contributed by atoms with E-state index in [0.29, 0.717) is 29.2 Å². The lowest BCUT2D eigenvalue weighted by molar-refractivity contribution is -0.384. The normalized spacial score (nSPS) is 12.2. The van der Waals surface area contributed by atoms with E-state index in [2.05, 4.69) is 4.99 Å². The van der Waals surface area contributed by atoms with E-state index in [-0.39, 0.29) is 29.2 Å². The molecule has 0 spiro atoms. The van der Waals surface area contributed by atoms with Gasteiger partial charge < -0.3 is 14.0 Å².